The minimum Gasteiger partial charge on any atom is -0.384 e. The normalized spacial score (nSPS) is 18.0. The van der Waals surface area contributed by atoms with Gasteiger partial charge in [0.2, 0.25) is 0 Å². The molecule has 0 saturated carbocycles. The largest absolute Gasteiger partial charge is 0.384 e. The number of anilines is 1. The van der Waals surface area contributed by atoms with Gasteiger partial charge in [-0.25, -0.2) is 4.98 Å². The Morgan fingerprint density at radius 1 is 1.56 bits per heavy atom. The van der Waals surface area contributed by atoms with Crippen molar-refractivity contribution in [3.05, 3.63) is 11.1 Å². The molecule has 16 heavy (non-hydrogen) atoms. The van der Waals surface area contributed by atoms with Gasteiger partial charge in [-0.15, -0.1) is 11.3 Å². The molecule has 0 bridgehead atoms. The summed E-state index contributed by atoms with van der Waals surface area (Å²) in [6.45, 7) is 3.66. The van der Waals surface area contributed by atoms with Crippen LogP contribution in [-0.2, 0) is 11.3 Å². The van der Waals surface area contributed by atoms with Gasteiger partial charge in [-0.05, 0) is 18.8 Å². The predicted molar refractivity (Wildman–Crippen MR) is 66.8 cm³/mol. The molecule has 1 fully saturated rings. The van der Waals surface area contributed by atoms with Crippen LogP contribution in [0.3, 0.4) is 0 Å². The fourth-order valence-electron chi connectivity index (χ4n) is 2.06. The van der Waals surface area contributed by atoms with Gasteiger partial charge in [0.15, 0.2) is 5.13 Å². The Labute approximate surface area is 100 Å². The van der Waals surface area contributed by atoms with Gasteiger partial charge in [-0.1, -0.05) is 0 Å². The highest BCUT2D eigenvalue weighted by molar-refractivity contribution is 7.15. The van der Waals surface area contributed by atoms with Gasteiger partial charge < -0.3 is 15.4 Å². The van der Waals surface area contributed by atoms with Crippen LogP contribution >= 0.6 is 11.3 Å². The fourth-order valence-corrected chi connectivity index (χ4v) is 2.90. The van der Waals surface area contributed by atoms with Crippen LogP contribution in [0.1, 0.15) is 17.7 Å². The maximum Gasteiger partial charge on any atom is 0.185 e. The molecule has 0 aliphatic carbocycles. The number of rotatable bonds is 4. The van der Waals surface area contributed by atoms with Gasteiger partial charge in [0, 0.05) is 44.4 Å². The SMILES string of the molecule is COCC1CCN(c2ncc(CN)s2)CC1. The summed E-state index contributed by atoms with van der Waals surface area (Å²) in [5, 5.41) is 1.12. The molecule has 0 spiro atoms. The van der Waals surface area contributed by atoms with E-state index in [0.29, 0.717) is 6.54 Å². The van der Waals surface area contributed by atoms with E-state index in [1.165, 1.54) is 12.8 Å². The molecule has 0 aromatic carbocycles. The summed E-state index contributed by atoms with van der Waals surface area (Å²) >= 11 is 1.71. The van der Waals surface area contributed by atoms with Gasteiger partial charge in [0.1, 0.15) is 0 Å². The summed E-state index contributed by atoms with van der Waals surface area (Å²) in [6, 6.07) is 0. The lowest BCUT2D eigenvalue weighted by Crippen LogP contribution is -2.34. The zero-order valence-corrected chi connectivity index (χ0v) is 10.5. The molecule has 1 saturated heterocycles. The van der Waals surface area contributed by atoms with E-state index in [1.54, 1.807) is 18.4 Å². The number of nitrogens with two attached hydrogens (primary N) is 1. The van der Waals surface area contributed by atoms with Crippen molar-refractivity contribution in [3.63, 3.8) is 0 Å². The molecule has 4 nitrogen and oxygen atoms in total. The van der Waals surface area contributed by atoms with Crippen molar-refractivity contribution in [2.24, 2.45) is 11.7 Å². The van der Waals surface area contributed by atoms with Crippen molar-refractivity contribution in [3.8, 4) is 0 Å². The summed E-state index contributed by atoms with van der Waals surface area (Å²) in [5.41, 5.74) is 5.59. The molecular weight excluding hydrogens is 222 g/mol. The topological polar surface area (TPSA) is 51.4 Å². The number of aromatic nitrogens is 1. The fraction of sp³-hybridized carbons (Fsp3) is 0.727. The molecule has 0 radical (unpaired) electrons. The highest BCUT2D eigenvalue weighted by atomic mass is 32.1. The van der Waals surface area contributed by atoms with E-state index in [0.717, 1.165) is 35.6 Å². The molecule has 2 rings (SSSR count). The van der Waals surface area contributed by atoms with E-state index in [4.69, 9.17) is 10.5 Å². The summed E-state index contributed by atoms with van der Waals surface area (Å²) < 4.78 is 5.20. The lowest BCUT2D eigenvalue weighted by molar-refractivity contribution is 0.139. The second kappa shape index (κ2) is 5.61. The third-order valence-electron chi connectivity index (χ3n) is 3.03. The maximum atomic E-state index is 5.59. The minimum absolute atomic E-state index is 0.595. The van der Waals surface area contributed by atoms with Gasteiger partial charge >= 0.3 is 0 Å². The highest BCUT2D eigenvalue weighted by Gasteiger charge is 2.20. The summed E-state index contributed by atoms with van der Waals surface area (Å²) in [6.07, 6.45) is 4.29. The number of hydrogen-bond acceptors (Lipinski definition) is 5. The molecule has 1 aliphatic heterocycles. The van der Waals surface area contributed by atoms with Crippen molar-refractivity contribution in [2.75, 3.05) is 31.7 Å². The molecule has 5 heteroatoms. The van der Waals surface area contributed by atoms with E-state index >= 15 is 0 Å². The molecule has 1 aliphatic rings. The number of methoxy groups -OCH3 is 1. The monoisotopic (exact) mass is 241 g/mol. The molecule has 2 N–H and O–H groups in total. The zero-order valence-electron chi connectivity index (χ0n) is 9.69. The number of ether oxygens (including phenoxy) is 1. The van der Waals surface area contributed by atoms with Crippen LogP contribution in [-0.4, -0.2) is 31.8 Å². The van der Waals surface area contributed by atoms with Crippen molar-refractivity contribution >= 4 is 16.5 Å². The summed E-state index contributed by atoms with van der Waals surface area (Å²) in [4.78, 5) is 7.93. The van der Waals surface area contributed by atoms with Crippen molar-refractivity contribution in [2.45, 2.75) is 19.4 Å². The van der Waals surface area contributed by atoms with E-state index in [2.05, 4.69) is 9.88 Å². The van der Waals surface area contributed by atoms with Gasteiger partial charge in [-0.2, -0.15) is 0 Å². The third kappa shape index (κ3) is 2.72. The number of piperidine rings is 1. The molecule has 1 aromatic rings. The van der Waals surface area contributed by atoms with Crippen LogP contribution in [0.4, 0.5) is 5.13 Å². The zero-order chi connectivity index (χ0) is 11.4. The Hall–Kier alpha value is -0.650. The van der Waals surface area contributed by atoms with E-state index in [1.807, 2.05) is 6.20 Å². The Kier molecular flexibility index (Phi) is 4.15. The average molecular weight is 241 g/mol. The van der Waals surface area contributed by atoms with Gasteiger partial charge in [-0.3, -0.25) is 0 Å². The first kappa shape index (κ1) is 11.8. The van der Waals surface area contributed by atoms with E-state index < -0.39 is 0 Å². The maximum absolute atomic E-state index is 5.59. The Balaban J connectivity index is 1.88. The molecular formula is C11H19N3OS. The molecule has 0 atom stereocenters. The summed E-state index contributed by atoms with van der Waals surface area (Å²) in [5.74, 6) is 0.718. The predicted octanol–water partition coefficient (Wildman–Crippen LogP) is 1.46. The first-order valence-electron chi connectivity index (χ1n) is 5.72. The van der Waals surface area contributed by atoms with Crippen LogP contribution in [0.25, 0.3) is 0 Å². The first-order valence-corrected chi connectivity index (χ1v) is 6.53. The Morgan fingerprint density at radius 2 is 2.31 bits per heavy atom. The molecule has 0 unspecified atom stereocenters. The third-order valence-corrected chi connectivity index (χ3v) is 4.11. The van der Waals surface area contributed by atoms with Crippen LogP contribution in [0.15, 0.2) is 6.20 Å². The molecule has 2 heterocycles. The molecule has 90 valence electrons. The van der Waals surface area contributed by atoms with Crippen molar-refractivity contribution in [1.29, 1.82) is 0 Å². The van der Waals surface area contributed by atoms with Crippen molar-refractivity contribution in [1.82, 2.24) is 4.98 Å². The highest BCUT2D eigenvalue weighted by Crippen LogP contribution is 2.27. The molecule has 0 amide bonds. The second-order valence-corrected chi connectivity index (χ2v) is 5.29. The smallest absolute Gasteiger partial charge is 0.185 e. The lowest BCUT2D eigenvalue weighted by Gasteiger charge is -2.31. The second-order valence-electron chi connectivity index (χ2n) is 4.20. The van der Waals surface area contributed by atoms with Crippen molar-refractivity contribution < 1.29 is 4.74 Å². The number of nitrogens with zero attached hydrogens (tertiary/aromatic N) is 2. The standard InChI is InChI=1S/C11H19N3OS/c1-15-8-9-2-4-14(5-3-9)11-13-7-10(6-12)16-11/h7,9H,2-6,8,12H2,1H3. The number of thiazole rings is 1. The molecule has 1 aromatic heterocycles. The number of hydrogen-bond donors (Lipinski definition) is 1. The Morgan fingerprint density at radius 3 is 2.88 bits per heavy atom. The van der Waals surface area contributed by atoms with Crippen LogP contribution in [0.2, 0.25) is 0 Å². The van der Waals surface area contributed by atoms with Crippen LogP contribution in [0.5, 0.6) is 0 Å². The van der Waals surface area contributed by atoms with Crippen LogP contribution in [0, 0.1) is 5.92 Å². The van der Waals surface area contributed by atoms with Gasteiger partial charge in [0.25, 0.3) is 0 Å². The van der Waals surface area contributed by atoms with Crippen LogP contribution < -0.4 is 10.6 Å². The van der Waals surface area contributed by atoms with E-state index in [9.17, 15) is 0 Å². The van der Waals surface area contributed by atoms with Gasteiger partial charge in [0.05, 0.1) is 0 Å². The Bertz CT molecular complexity index is 321. The average Bonchev–Trinajstić information content (AvgIpc) is 2.79. The quantitative estimate of drug-likeness (QED) is 0.867. The first-order chi connectivity index (χ1) is 7.83. The minimum atomic E-state index is 0.595. The lowest BCUT2D eigenvalue weighted by atomic mass is 9.98. The van der Waals surface area contributed by atoms with E-state index in [-0.39, 0.29) is 0 Å². The summed E-state index contributed by atoms with van der Waals surface area (Å²) in [7, 11) is 1.78.